The van der Waals surface area contributed by atoms with Crippen molar-refractivity contribution in [2.24, 2.45) is 0 Å². The fourth-order valence-corrected chi connectivity index (χ4v) is 2.22. The average molecular weight is 269 g/mol. The minimum Gasteiger partial charge on any atom is -0.477 e. The van der Waals surface area contributed by atoms with Crippen LogP contribution in [0, 0.1) is 6.92 Å². The number of aryl methyl sites for hydroxylation is 1. The highest BCUT2D eigenvalue weighted by Gasteiger charge is 2.09. The number of aromatic carboxylic acids is 1. The smallest absolute Gasteiger partial charge is 0.346 e. The van der Waals surface area contributed by atoms with Crippen molar-refractivity contribution in [1.29, 1.82) is 0 Å². The summed E-state index contributed by atoms with van der Waals surface area (Å²) in [5.41, 5.74) is 1.04. The van der Waals surface area contributed by atoms with Crippen molar-refractivity contribution in [3.63, 3.8) is 0 Å². The third-order valence-corrected chi connectivity index (χ3v) is 3.29. The number of carboxylic acids is 1. The number of carboxylic acid groups (broad SMARTS) is 1. The Hall–Kier alpha value is -1.52. The van der Waals surface area contributed by atoms with Crippen LogP contribution in [0.3, 0.4) is 0 Å². The van der Waals surface area contributed by atoms with Gasteiger partial charge in [0.25, 0.3) is 0 Å². The predicted molar refractivity (Wildman–Crippen MR) is 67.5 cm³/mol. The van der Waals surface area contributed by atoms with Crippen LogP contribution in [0.2, 0.25) is 5.02 Å². The van der Waals surface area contributed by atoms with Crippen molar-refractivity contribution in [2.75, 3.05) is 0 Å². The van der Waals surface area contributed by atoms with Crippen LogP contribution in [0.4, 0.5) is 0 Å². The lowest BCUT2D eigenvalue weighted by Crippen LogP contribution is -1.90. The monoisotopic (exact) mass is 268 g/mol. The van der Waals surface area contributed by atoms with E-state index in [0.717, 1.165) is 16.9 Å². The SMILES string of the molecule is Cc1ccc(Oc2csc(C(=O)O)c2)c(Cl)c1. The van der Waals surface area contributed by atoms with E-state index in [-0.39, 0.29) is 4.88 Å². The maximum Gasteiger partial charge on any atom is 0.346 e. The third kappa shape index (κ3) is 2.78. The highest BCUT2D eigenvalue weighted by Crippen LogP contribution is 2.32. The molecule has 0 spiro atoms. The zero-order valence-corrected chi connectivity index (χ0v) is 10.5. The summed E-state index contributed by atoms with van der Waals surface area (Å²) in [4.78, 5) is 10.9. The first-order chi connectivity index (χ1) is 8.06. The van der Waals surface area contributed by atoms with Gasteiger partial charge in [-0.1, -0.05) is 17.7 Å². The molecule has 0 saturated carbocycles. The molecule has 1 aromatic carbocycles. The van der Waals surface area contributed by atoms with E-state index in [1.54, 1.807) is 17.5 Å². The molecule has 3 nitrogen and oxygen atoms in total. The van der Waals surface area contributed by atoms with Crippen molar-refractivity contribution < 1.29 is 14.6 Å². The molecule has 0 bridgehead atoms. The van der Waals surface area contributed by atoms with E-state index in [2.05, 4.69) is 0 Å². The molecule has 1 heterocycles. The number of ether oxygens (including phenoxy) is 1. The lowest BCUT2D eigenvalue weighted by molar-refractivity contribution is 0.0702. The maximum atomic E-state index is 10.7. The van der Waals surface area contributed by atoms with Gasteiger partial charge in [0, 0.05) is 11.4 Å². The van der Waals surface area contributed by atoms with E-state index in [0.29, 0.717) is 16.5 Å². The second-order valence-electron chi connectivity index (χ2n) is 3.49. The van der Waals surface area contributed by atoms with Gasteiger partial charge in [-0.25, -0.2) is 4.79 Å². The maximum absolute atomic E-state index is 10.7. The zero-order chi connectivity index (χ0) is 12.4. The van der Waals surface area contributed by atoms with Gasteiger partial charge in [0.1, 0.15) is 16.4 Å². The van der Waals surface area contributed by atoms with Crippen LogP contribution in [-0.4, -0.2) is 11.1 Å². The van der Waals surface area contributed by atoms with E-state index in [9.17, 15) is 4.79 Å². The van der Waals surface area contributed by atoms with E-state index in [1.165, 1.54) is 6.07 Å². The molecule has 0 aliphatic carbocycles. The molecule has 0 aliphatic heterocycles. The predicted octanol–water partition coefficient (Wildman–Crippen LogP) is 4.20. The minimum absolute atomic E-state index is 0.239. The zero-order valence-electron chi connectivity index (χ0n) is 8.94. The number of carbonyl (C=O) groups is 1. The van der Waals surface area contributed by atoms with E-state index in [1.807, 2.05) is 13.0 Å². The second kappa shape index (κ2) is 4.77. The van der Waals surface area contributed by atoms with E-state index < -0.39 is 5.97 Å². The summed E-state index contributed by atoms with van der Waals surface area (Å²) < 4.78 is 5.51. The fraction of sp³-hybridized carbons (Fsp3) is 0.0833. The Bertz CT molecular complexity index is 563. The summed E-state index contributed by atoms with van der Waals surface area (Å²) in [6, 6.07) is 6.91. The van der Waals surface area contributed by atoms with Crippen molar-refractivity contribution >= 4 is 28.9 Å². The quantitative estimate of drug-likeness (QED) is 0.907. The highest BCUT2D eigenvalue weighted by molar-refractivity contribution is 7.12. The third-order valence-electron chi connectivity index (χ3n) is 2.10. The molecule has 2 aromatic rings. The Morgan fingerprint density at radius 3 is 2.76 bits per heavy atom. The molecular formula is C12H9ClO3S. The van der Waals surface area contributed by atoms with Gasteiger partial charge in [-0.05, 0) is 24.6 Å². The van der Waals surface area contributed by atoms with Crippen molar-refractivity contribution in [3.8, 4) is 11.5 Å². The lowest BCUT2D eigenvalue weighted by atomic mass is 10.2. The van der Waals surface area contributed by atoms with Gasteiger partial charge >= 0.3 is 5.97 Å². The highest BCUT2D eigenvalue weighted by atomic mass is 35.5. The molecule has 1 N–H and O–H groups in total. The normalized spacial score (nSPS) is 10.2. The molecule has 0 unspecified atom stereocenters. The Labute approximate surface area is 107 Å². The molecule has 0 aliphatic rings. The van der Waals surface area contributed by atoms with Crippen molar-refractivity contribution in [1.82, 2.24) is 0 Å². The van der Waals surface area contributed by atoms with E-state index >= 15 is 0 Å². The molecule has 88 valence electrons. The lowest BCUT2D eigenvalue weighted by Gasteiger charge is -2.05. The van der Waals surface area contributed by atoms with Crippen LogP contribution >= 0.6 is 22.9 Å². The summed E-state index contributed by atoms with van der Waals surface area (Å²) >= 11 is 7.13. The molecule has 0 fully saturated rings. The summed E-state index contributed by atoms with van der Waals surface area (Å²) in [6.07, 6.45) is 0. The van der Waals surface area contributed by atoms with Crippen molar-refractivity contribution in [3.05, 3.63) is 45.1 Å². The Balaban J connectivity index is 2.22. The molecule has 0 radical (unpaired) electrons. The largest absolute Gasteiger partial charge is 0.477 e. The van der Waals surface area contributed by atoms with E-state index in [4.69, 9.17) is 21.4 Å². The molecule has 0 amide bonds. The molecule has 0 saturated heterocycles. The van der Waals surface area contributed by atoms with Gasteiger partial charge in [0.15, 0.2) is 0 Å². The van der Waals surface area contributed by atoms with Crippen LogP contribution in [-0.2, 0) is 0 Å². The van der Waals surface area contributed by atoms with Crippen LogP contribution in [0.5, 0.6) is 11.5 Å². The number of benzene rings is 1. The minimum atomic E-state index is -0.958. The number of halogens is 1. The Morgan fingerprint density at radius 2 is 2.18 bits per heavy atom. The summed E-state index contributed by atoms with van der Waals surface area (Å²) in [5, 5.41) is 10.9. The van der Waals surface area contributed by atoms with Gasteiger partial charge in [-0.3, -0.25) is 0 Å². The first-order valence-corrected chi connectivity index (χ1v) is 6.08. The molecule has 0 atom stereocenters. The van der Waals surface area contributed by atoms with Gasteiger partial charge in [0.05, 0.1) is 5.02 Å². The van der Waals surface area contributed by atoms with Gasteiger partial charge in [-0.15, -0.1) is 11.3 Å². The number of rotatable bonds is 3. The summed E-state index contributed by atoms with van der Waals surface area (Å²) in [5.74, 6) is 0.0463. The van der Waals surface area contributed by atoms with Crippen LogP contribution < -0.4 is 4.74 Å². The summed E-state index contributed by atoms with van der Waals surface area (Å²) in [7, 11) is 0. The Kier molecular flexibility index (Phi) is 3.36. The average Bonchev–Trinajstić information content (AvgIpc) is 2.71. The van der Waals surface area contributed by atoms with Gasteiger partial charge in [0.2, 0.25) is 0 Å². The molecule has 5 heteroatoms. The second-order valence-corrected chi connectivity index (χ2v) is 4.81. The van der Waals surface area contributed by atoms with Crippen LogP contribution in [0.15, 0.2) is 29.6 Å². The molecule has 17 heavy (non-hydrogen) atoms. The first kappa shape index (κ1) is 12.0. The topological polar surface area (TPSA) is 46.5 Å². The van der Waals surface area contributed by atoms with Gasteiger partial charge in [-0.2, -0.15) is 0 Å². The summed E-state index contributed by atoms with van der Waals surface area (Å²) in [6.45, 7) is 1.93. The Morgan fingerprint density at radius 1 is 1.41 bits per heavy atom. The van der Waals surface area contributed by atoms with Crippen LogP contribution in [0.25, 0.3) is 0 Å². The standard InChI is InChI=1S/C12H9ClO3S/c1-7-2-3-10(9(13)4-7)16-8-5-11(12(14)15)17-6-8/h2-6H,1H3,(H,14,15). The van der Waals surface area contributed by atoms with Crippen molar-refractivity contribution in [2.45, 2.75) is 6.92 Å². The molecule has 2 rings (SSSR count). The number of hydrogen-bond acceptors (Lipinski definition) is 3. The van der Waals surface area contributed by atoms with Gasteiger partial charge < -0.3 is 9.84 Å². The number of thiophene rings is 1. The molecular weight excluding hydrogens is 260 g/mol. The fourth-order valence-electron chi connectivity index (χ4n) is 1.30. The first-order valence-electron chi connectivity index (χ1n) is 4.82. The molecule has 1 aromatic heterocycles. The number of hydrogen-bond donors (Lipinski definition) is 1. The van der Waals surface area contributed by atoms with Crippen LogP contribution in [0.1, 0.15) is 15.2 Å².